The van der Waals surface area contributed by atoms with Crippen molar-refractivity contribution in [1.82, 2.24) is 4.90 Å². The Kier molecular flexibility index (Phi) is 3.39. The first-order valence-electron chi connectivity index (χ1n) is 4.47. The number of hydrogen-bond donors (Lipinski definition) is 0. The van der Waals surface area contributed by atoms with E-state index in [9.17, 15) is 4.79 Å². The summed E-state index contributed by atoms with van der Waals surface area (Å²) < 4.78 is 0. The van der Waals surface area contributed by atoms with Crippen molar-refractivity contribution in [3.05, 3.63) is 0 Å². The second kappa shape index (κ2) is 4.13. The Morgan fingerprint density at radius 3 is 2.67 bits per heavy atom. The van der Waals surface area contributed by atoms with Crippen LogP contribution in [0.2, 0.25) is 0 Å². The Balaban J connectivity index is 2.33. The summed E-state index contributed by atoms with van der Waals surface area (Å²) in [5.74, 6) is 1.63. The molecule has 70 valence electrons. The van der Waals surface area contributed by atoms with Gasteiger partial charge in [-0.05, 0) is 18.8 Å². The van der Waals surface area contributed by atoms with Gasteiger partial charge in [-0.2, -0.15) is 0 Å². The molecule has 0 bridgehead atoms. The van der Waals surface area contributed by atoms with Crippen LogP contribution in [0.25, 0.3) is 0 Å². The van der Waals surface area contributed by atoms with Gasteiger partial charge in [0.2, 0.25) is 5.91 Å². The third-order valence-corrected chi connectivity index (χ3v) is 2.68. The Morgan fingerprint density at radius 1 is 1.67 bits per heavy atom. The van der Waals surface area contributed by atoms with Crippen LogP contribution in [0.5, 0.6) is 0 Å². The summed E-state index contributed by atoms with van der Waals surface area (Å²) in [4.78, 5) is 13.3. The molecular formula is C9H16ClNO. The van der Waals surface area contributed by atoms with Gasteiger partial charge in [0.05, 0.1) is 0 Å². The Hall–Kier alpha value is -0.240. The fourth-order valence-corrected chi connectivity index (χ4v) is 1.64. The van der Waals surface area contributed by atoms with E-state index in [2.05, 4.69) is 0 Å². The number of hydrogen-bond acceptors (Lipinski definition) is 1. The lowest BCUT2D eigenvalue weighted by molar-refractivity contribution is -0.134. The molecular weight excluding hydrogens is 174 g/mol. The summed E-state index contributed by atoms with van der Waals surface area (Å²) >= 11 is 5.55. The number of rotatable bonds is 4. The molecule has 3 heteroatoms. The van der Waals surface area contributed by atoms with Crippen molar-refractivity contribution >= 4 is 17.5 Å². The van der Waals surface area contributed by atoms with Gasteiger partial charge in [-0.3, -0.25) is 4.79 Å². The van der Waals surface area contributed by atoms with E-state index in [1.54, 1.807) is 4.90 Å². The molecule has 1 aliphatic rings. The van der Waals surface area contributed by atoms with E-state index in [1.807, 2.05) is 14.0 Å². The van der Waals surface area contributed by atoms with Crippen LogP contribution < -0.4 is 0 Å². The molecule has 0 heterocycles. The molecule has 0 aliphatic heterocycles. The van der Waals surface area contributed by atoms with Gasteiger partial charge in [0, 0.05) is 25.4 Å². The van der Waals surface area contributed by atoms with Crippen LogP contribution in [0.1, 0.15) is 19.8 Å². The van der Waals surface area contributed by atoms with Crippen LogP contribution in [0, 0.1) is 11.8 Å². The minimum atomic E-state index is 0.207. The molecule has 1 fully saturated rings. The standard InChI is InChI=1S/C9H16ClNO/c1-7(8-3-4-8)9(12)11(2)6-5-10/h7-8H,3-6H2,1-2H3. The maximum atomic E-state index is 11.6. The van der Waals surface area contributed by atoms with E-state index < -0.39 is 0 Å². The molecule has 0 radical (unpaired) electrons. The molecule has 0 spiro atoms. The third kappa shape index (κ3) is 2.37. The van der Waals surface area contributed by atoms with Gasteiger partial charge in [0.1, 0.15) is 0 Å². The van der Waals surface area contributed by atoms with E-state index in [0.717, 1.165) is 0 Å². The van der Waals surface area contributed by atoms with Crippen molar-refractivity contribution in [1.29, 1.82) is 0 Å². The van der Waals surface area contributed by atoms with E-state index in [-0.39, 0.29) is 11.8 Å². The second-order valence-corrected chi connectivity index (χ2v) is 3.95. The number of nitrogens with zero attached hydrogens (tertiary/aromatic N) is 1. The summed E-state index contributed by atoms with van der Waals surface area (Å²) in [6.45, 7) is 2.68. The van der Waals surface area contributed by atoms with Gasteiger partial charge in [0.15, 0.2) is 0 Å². The summed E-state index contributed by atoms with van der Waals surface area (Å²) in [5.41, 5.74) is 0. The molecule has 1 atom stereocenters. The van der Waals surface area contributed by atoms with E-state index in [4.69, 9.17) is 11.6 Å². The Labute approximate surface area is 78.9 Å². The fraction of sp³-hybridized carbons (Fsp3) is 0.889. The summed E-state index contributed by atoms with van der Waals surface area (Å²) in [5, 5.41) is 0. The number of amides is 1. The van der Waals surface area contributed by atoms with Gasteiger partial charge in [-0.15, -0.1) is 11.6 Å². The number of carbonyl (C=O) groups excluding carboxylic acids is 1. The average molecular weight is 190 g/mol. The van der Waals surface area contributed by atoms with E-state index >= 15 is 0 Å². The Bertz CT molecular complexity index is 168. The SMILES string of the molecule is CC(C(=O)N(C)CCCl)C1CC1. The first-order chi connectivity index (χ1) is 5.66. The van der Waals surface area contributed by atoms with Crippen molar-refractivity contribution in [2.24, 2.45) is 11.8 Å². The number of alkyl halides is 1. The van der Waals surface area contributed by atoms with Gasteiger partial charge in [-0.25, -0.2) is 0 Å². The smallest absolute Gasteiger partial charge is 0.225 e. The molecule has 0 aromatic heterocycles. The van der Waals surface area contributed by atoms with Gasteiger partial charge >= 0.3 is 0 Å². The first-order valence-corrected chi connectivity index (χ1v) is 5.01. The fourth-order valence-electron chi connectivity index (χ4n) is 1.38. The van der Waals surface area contributed by atoms with Crippen molar-refractivity contribution in [2.45, 2.75) is 19.8 Å². The molecule has 0 saturated heterocycles. The highest BCUT2D eigenvalue weighted by Crippen LogP contribution is 2.37. The molecule has 0 aromatic rings. The summed E-state index contributed by atoms with van der Waals surface area (Å²) in [6.07, 6.45) is 2.45. The molecule has 1 amide bonds. The molecule has 12 heavy (non-hydrogen) atoms. The highest BCUT2D eigenvalue weighted by molar-refractivity contribution is 6.18. The van der Waals surface area contributed by atoms with Gasteiger partial charge in [0.25, 0.3) is 0 Å². The molecule has 1 aliphatic carbocycles. The average Bonchev–Trinajstić information content (AvgIpc) is 2.84. The largest absolute Gasteiger partial charge is 0.344 e. The second-order valence-electron chi connectivity index (χ2n) is 3.57. The number of halogens is 1. The van der Waals surface area contributed by atoms with Crippen LogP contribution in [0.3, 0.4) is 0 Å². The molecule has 1 unspecified atom stereocenters. The lowest BCUT2D eigenvalue weighted by Gasteiger charge is -2.19. The summed E-state index contributed by atoms with van der Waals surface area (Å²) in [6, 6.07) is 0. The molecule has 0 N–H and O–H groups in total. The van der Waals surface area contributed by atoms with E-state index in [1.165, 1.54) is 12.8 Å². The number of carbonyl (C=O) groups is 1. The zero-order valence-electron chi connectivity index (χ0n) is 7.72. The lowest BCUT2D eigenvalue weighted by atomic mass is 10.1. The van der Waals surface area contributed by atoms with Crippen molar-refractivity contribution in [3.63, 3.8) is 0 Å². The van der Waals surface area contributed by atoms with Crippen LogP contribution in [0.4, 0.5) is 0 Å². The topological polar surface area (TPSA) is 20.3 Å². The lowest BCUT2D eigenvalue weighted by Crippen LogP contribution is -2.33. The normalized spacial score (nSPS) is 18.9. The van der Waals surface area contributed by atoms with Crippen molar-refractivity contribution in [3.8, 4) is 0 Å². The van der Waals surface area contributed by atoms with Crippen LogP contribution in [-0.2, 0) is 4.79 Å². The molecule has 2 nitrogen and oxygen atoms in total. The highest BCUT2D eigenvalue weighted by atomic mass is 35.5. The predicted molar refractivity (Wildman–Crippen MR) is 50.2 cm³/mol. The maximum absolute atomic E-state index is 11.6. The van der Waals surface area contributed by atoms with Crippen molar-refractivity contribution < 1.29 is 4.79 Å². The molecule has 0 aromatic carbocycles. The van der Waals surface area contributed by atoms with Gasteiger partial charge < -0.3 is 4.90 Å². The van der Waals surface area contributed by atoms with E-state index in [0.29, 0.717) is 18.3 Å². The quantitative estimate of drug-likeness (QED) is 0.617. The van der Waals surface area contributed by atoms with Crippen LogP contribution in [-0.4, -0.2) is 30.3 Å². The zero-order chi connectivity index (χ0) is 9.14. The van der Waals surface area contributed by atoms with Crippen molar-refractivity contribution in [2.75, 3.05) is 19.5 Å². The zero-order valence-corrected chi connectivity index (χ0v) is 8.47. The first kappa shape index (κ1) is 9.85. The predicted octanol–water partition coefficient (Wildman–Crippen LogP) is 1.73. The molecule has 1 rings (SSSR count). The minimum absolute atomic E-state index is 0.207. The van der Waals surface area contributed by atoms with Crippen LogP contribution in [0.15, 0.2) is 0 Å². The van der Waals surface area contributed by atoms with Crippen LogP contribution >= 0.6 is 11.6 Å². The third-order valence-electron chi connectivity index (χ3n) is 2.51. The minimum Gasteiger partial charge on any atom is -0.344 e. The Morgan fingerprint density at radius 2 is 2.25 bits per heavy atom. The maximum Gasteiger partial charge on any atom is 0.225 e. The van der Waals surface area contributed by atoms with Gasteiger partial charge in [-0.1, -0.05) is 6.92 Å². The monoisotopic (exact) mass is 189 g/mol. The summed E-state index contributed by atoms with van der Waals surface area (Å²) in [7, 11) is 1.82. The molecule has 1 saturated carbocycles. The highest BCUT2D eigenvalue weighted by Gasteiger charge is 2.33.